The zero-order valence-electron chi connectivity index (χ0n) is 18.9. The van der Waals surface area contributed by atoms with Crippen LogP contribution >= 0.6 is 11.3 Å². The number of hydrogen-bond donors (Lipinski definition) is 1. The van der Waals surface area contributed by atoms with Crippen LogP contribution in [0.25, 0.3) is 21.3 Å². The van der Waals surface area contributed by atoms with Crippen molar-refractivity contribution in [1.29, 1.82) is 0 Å². The van der Waals surface area contributed by atoms with Crippen molar-refractivity contribution < 1.29 is 9.53 Å². The molecule has 5 nitrogen and oxygen atoms in total. The van der Waals surface area contributed by atoms with E-state index < -0.39 is 0 Å². The zero-order valence-corrected chi connectivity index (χ0v) is 19.7. The van der Waals surface area contributed by atoms with E-state index in [1.54, 1.807) is 13.3 Å². The number of anilines is 1. The Labute approximate surface area is 197 Å². The molecule has 1 saturated carbocycles. The quantitative estimate of drug-likeness (QED) is 0.351. The summed E-state index contributed by atoms with van der Waals surface area (Å²) in [6.07, 6.45) is 8.12. The molecule has 1 aliphatic carbocycles. The molecule has 5 rings (SSSR count). The lowest BCUT2D eigenvalue weighted by molar-refractivity contribution is 0.102. The lowest BCUT2D eigenvalue weighted by atomic mass is 9.84. The van der Waals surface area contributed by atoms with Crippen molar-refractivity contribution in [3.8, 4) is 16.9 Å². The Morgan fingerprint density at radius 1 is 1.06 bits per heavy atom. The third-order valence-electron chi connectivity index (χ3n) is 6.39. The van der Waals surface area contributed by atoms with Gasteiger partial charge in [-0.2, -0.15) is 0 Å². The standard InChI is InChI=1S/C27H27N3O2S/c1-17-14-21(20-10-6-7-11-24(20)32-2)22(16-28-17)26(31)30-27-29-23-13-12-19(15-25(23)33-27)18-8-4-3-5-9-18/h6-7,10-16,18H,3-5,8-9H2,1-2H3,(H,29,30,31). The Bertz CT molecular complexity index is 1310. The highest BCUT2D eigenvalue weighted by Gasteiger charge is 2.19. The van der Waals surface area contributed by atoms with Gasteiger partial charge in [-0.25, -0.2) is 4.98 Å². The molecular weight excluding hydrogens is 430 g/mol. The third-order valence-corrected chi connectivity index (χ3v) is 7.33. The van der Waals surface area contributed by atoms with Crippen LogP contribution in [0.4, 0.5) is 5.13 Å². The maximum atomic E-state index is 13.3. The number of aryl methyl sites for hydroxylation is 1. The number of fused-ring (bicyclic) bond motifs is 1. The molecule has 0 atom stereocenters. The van der Waals surface area contributed by atoms with Gasteiger partial charge >= 0.3 is 0 Å². The van der Waals surface area contributed by atoms with Gasteiger partial charge in [-0.15, -0.1) is 0 Å². The van der Waals surface area contributed by atoms with E-state index in [9.17, 15) is 4.79 Å². The van der Waals surface area contributed by atoms with Crippen LogP contribution in [-0.2, 0) is 0 Å². The van der Waals surface area contributed by atoms with E-state index >= 15 is 0 Å². The number of benzene rings is 2. The molecule has 1 N–H and O–H groups in total. The molecule has 0 bridgehead atoms. The monoisotopic (exact) mass is 457 g/mol. The minimum absolute atomic E-state index is 0.227. The number of rotatable bonds is 5. The summed E-state index contributed by atoms with van der Waals surface area (Å²) in [7, 11) is 1.63. The van der Waals surface area contributed by atoms with Crippen LogP contribution in [0.1, 0.15) is 59.6 Å². The second kappa shape index (κ2) is 9.32. The first-order valence-electron chi connectivity index (χ1n) is 11.4. The first-order valence-corrected chi connectivity index (χ1v) is 12.3. The number of carbonyl (C=O) groups excluding carboxylic acids is 1. The van der Waals surface area contributed by atoms with Crippen LogP contribution in [0.15, 0.2) is 54.7 Å². The summed E-state index contributed by atoms with van der Waals surface area (Å²) in [5.41, 5.74) is 5.29. The van der Waals surface area contributed by atoms with Crippen molar-refractivity contribution in [2.75, 3.05) is 12.4 Å². The number of carbonyl (C=O) groups is 1. The summed E-state index contributed by atoms with van der Waals surface area (Å²) >= 11 is 1.52. The third kappa shape index (κ3) is 4.48. The van der Waals surface area contributed by atoms with E-state index in [4.69, 9.17) is 4.74 Å². The Morgan fingerprint density at radius 2 is 1.88 bits per heavy atom. The Morgan fingerprint density at radius 3 is 2.70 bits per heavy atom. The van der Waals surface area contributed by atoms with Crippen LogP contribution in [-0.4, -0.2) is 23.0 Å². The number of thiazole rings is 1. The van der Waals surface area contributed by atoms with Crippen LogP contribution in [0.3, 0.4) is 0 Å². The largest absolute Gasteiger partial charge is 0.496 e. The summed E-state index contributed by atoms with van der Waals surface area (Å²) < 4.78 is 6.64. The number of nitrogens with one attached hydrogen (secondary N) is 1. The fourth-order valence-electron chi connectivity index (χ4n) is 4.68. The fourth-order valence-corrected chi connectivity index (χ4v) is 5.59. The van der Waals surface area contributed by atoms with Gasteiger partial charge in [0.05, 0.1) is 22.9 Å². The number of amides is 1. The Hall–Kier alpha value is -3.25. The van der Waals surface area contributed by atoms with Gasteiger partial charge in [0.15, 0.2) is 5.13 Å². The summed E-state index contributed by atoms with van der Waals surface area (Å²) in [5, 5.41) is 3.60. The molecule has 2 aromatic carbocycles. The van der Waals surface area contributed by atoms with Gasteiger partial charge in [0, 0.05) is 23.0 Å². The lowest BCUT2D eigenvalue weighted by Gasteiger charge is -2.21. The molecule has 33 heavy (non-hydrogen) atoms. The minimum Gasteiger partial charge on any atom is -0.496 e. The second-order valence-electron chi connectivity index (χ2n) is 8.61. The van der Waals surface area contributed by atoms with E-state index in [2.05, 4.69) is 33.5 Å². The van der Waals surface area contributed by atoms with Gasteiger partial charge in [-0.1, -0.05) is 54.9 Å². The molecular formula is C27H27N3O2S. The number of nitrogens with zero attached hydrogens (tertiary/aromatic N) is 2. The topological polar surface area (TPSA) is 64.1 Å². The van der Waals surface area contributed by atoms with E-state index in [1.165, 1.54) is 49.0 Å². The van der Waals surface area contributed by atoms with E-state index in [0.717, 1.165) is 27.0 Å². The van der Waals surface area contributed by atoms with E-state index in [-0.39, 0.29) is 5.91 Å². The summed E-state index contributed by atoms with van der Waals surface area (Å²) in [4.78, 5) is 22.3. The molecule has 0 aliphatic heterocycles. The van der Waals surface area contributed by atoms with Crippen molar-refractivity contribution in [2.45, 2.75) is 44.9 Å². The number of aromatic nitrogens is 2. The molecule has 2 heterocycles. The highest BCUT2D eigenvalue weighted by Crippen LogP contribution is 2.36. The highest BCUT2D eigenvalue weighted by atomic mass is 32.1. The molecule has 6 heteroatoms. The van der Waals surface area contributed by atoms with Crippen LogP contribution in [0.2, 0.25) is 0 Å². The molecule has 1 aliphatic rings. The maximum absolute atomic E-state index is 13.3. The molecule has 0 spiro atoms. The molecule has 0 saturated heterocycles. The predicted octanol–water partition coefficient (Wildman–Crippen LogP) is 6.98. The molecule has 0 radical (unpaired) electrons. The zero-order chi connectivity index (χ0) is 22.8. The number of para-hydroxylation sites is 1. The van der Waals surface area contributed by atoms with Gasteiger partial charge in [-0.05, 0) is 55.5 Å². The van der Waals surface area contributed by atoms with Gasteiger partial charge < -0.3 is 4.74 Å². The molecule has 1 amide bonds. The molecule has 4 aromatic rings. The Balaban J connectivity index is 1.44. The number of hydrogen-bond acceptors (Lipinski definition) is 5. The minimum atomic E-state index is -0.227. The highest BCUT2D eigenvalue weighted by molar-refractivity contribution is 7.22. The number of methoxy groups -OCH3 is 1. The van der Waals surface area contributed by atoms with Crippen LogP contribution in [0, 0.1) is 6.92 Å². The summed E-state index contributed by atoms with van der Waals surface area (Å²) in [6, 6.07) is 16.2. The average molecular weight is 458 g/mol. The normalized spacial score (nSPS) is 14.4. The van der Waals surface area contributed by atoms with Crippen LogP contribution in [0.5, 0.6) is 5.75 Å². The lowest BCUT2D eigenvalue weighted by Crippen LogP contribution is -2.14. The fraction of sp³-hybridized carbons (Fsp3) is 0.296. The van der Waals surface area contributed by atoms with Gasteiger partial charge in [0.2, 0.25) is 0 Å². The predicted molar refractivity (Wildman–Crippen MR) is 134 cm³/mol. The maximum Gasteiger partial charge on any atom is 0.259 e. The van der Waals surface area contributed by atoms with Crippen molar-refractivity contribution in [3.63, 3.8) is 0 Å². The van der Waals surface area contributed by atoms with Crippen molar-refractivity contribution >= 4 is 32.6 Å². The average Bonchev–Trinajstić information content (AvgIpc) is 3.25. The smallest absolute Gasteiger partial charge is 0.259 e. The SMILES string of the molecule is COc1ccccc1-c1cc(C)ncc1C(=O)Nc1nc2ccc(C3CCCCC3)cc2s1. The Kier molecular flexibility index (Phi) is 6.09. The van der Waals surface area contributed by atoms with Crippen molar-refractivity contribution in [1.82, 2.24) is 9.97 Å². The van der Waals surface area contributed by atoms with E-state index in [1.807, 2.05) is 37.3 Å². The first kappa shape index (κ1) is 21.6. The molecule has 1 fully saturated rings. The second-order valence-corrected chi connectivity index (χ2v) is 9.64. The first-order chi connectivity index (χ1) is 16.1. The van der Waals surface area contributed by atoms with Crippen molar-refractivity contribution in [2.24, 2.45) is 0 Å². The van der Waals surface area contributed by atoms with E-state index in [0.29, 0.717) is 22.4 Å². The number of pyridine rings is 1. The molecule has 168 valence electrons. The molecule has 2 aromatic heterocycles. The van der Waals surface area contributed by atoms with Gasteiger partial charge in [-0.3, -0.25) is 15.1 Å². The van der Waals surface area contributed by atoms with Crippen molar-refractivity contribution in [3.05, 3.63) is 71.5 Å². The molecule has 0 unspecified atom stereocenters. The summed E-state index contributed by atoms with van der Waals surface area (Å²) in [6.45, 7) is 1.91. The number of ether oxygens (including phenoxy) is 1. The summed E-state index contributed by atoms with van der Waals surface area (Å²) in [5.74, 6) is 1.13. The van der Waals surface area contributed by atoms with Gasteiger partial charge in [0.25, 0.3) is 5.91 Å². The van der Waals surface area contributed by atoms with Gasteiger partial charge in [0.1, 0.15) is 5.75 Å². The van der Waals surface area contributed by atoms with Crippen LogP contribution < -0.4 is 10.1 Å².